The molecule has 0 aromatic heterocycles. The molecule has 5 nitrogen and oxygen atoms in total. The van der Waals surface area contributed by atoms with E-state index in [-0.39, 0.29) is 29.4 Å². The molecule has 6 heteroatoms. The molecule has 152 valence electrons. The highest BCUT2D eigenvalue weighted by Gasteiger charge is 2.42. The van der Waals surface area contributed by atoms with Gasteiger partial charge in [-0.05, 0) is 36.0 Å². The predicted molar refractivity (Wildman–Crippen MR) is 121 cm³/mol. The van der Waals surface area contributed by atoms with Crippen molar-refractivity contribution in [1.29, 1.82) is 0 Å². The third-order valence-electron chi connectivity index (χ3n) is 5.49. The highest BCUT2D eigenvalue weighted by Crippen LogP contribution is 2.38. The van der Waals surface area contributed by atoms with Crippen molar-refractivity contribution in [3.63, 3.8) is 0 Å². The van der Waals surface area contributed by atoms with Gasteiger partial charge < -0.3 is 19.7 Å². The number of likely N-dealkylation sites (tertiary alicyclic amines) is 1. The number of ether oxygens (including phenoxy) is 2. The van der Waals surface area contributed by atoms with Crippen molar-refractivity contribution in [2.45, 2.75) is 39.0 Å². The lowest BCUT2D eigenvalue weighted by atomic mass is 9.87. The van der Waals surface area contributed by atoms with Crippen LogP contribution in [0.5, 0.6) is 5.75 Å². The van der Waals surface area contributed by atoms with E-state index in [4.69, 9.17) is 9.47 Å². The Morgan fingerprint density at radius 2 is 2.15 bits per heavy atom. The minimum atomic E-state index is 0. The van der Waals surface area contributed by atoms with E-state index in [1.165, 1.54) is 18.4 Å². The van der Waals surface area contributed by atoms with E-state index in [1.807, 2.05) is 13.1 Å². The van der Waals surface area contributed by atoms with Crippen molar-refractivity contribution in [2.24, 2.45) is 10.4 Å². The number of hydrogen-bond acceptors (Lipinski definition) is 3. The summed E-state index contributed by atoms with van der Waals surface area (Å²) in [6.07, 6.45) is 2.37. The van der Waals surface area contributed by atoms with Crippen LogP contribution in [0.4, 0.5) is 0 Å². The third kappa shape index (κ3) is 5.73. The van der Waals surface area contributed by atoms with Gasteiger partial charge >= 0.3 is 0 Å². The number of guanidine groups is 1. The van der Waals surface area contributed by atoms with Gasteiger partial charge in [0.05, 0.1) is 13.2 Å². The van der Waals surface area contributed by atoms with Gasteiger partial charge in [0.2, 0.25) is 0 Å². The van der Waals surface area contributed by atoms with Crippen LogP contribution in [0, 0.1) is 5.41 Å². The molecule has 1 spiro atoms. The zero-order valence-corrected chi connectivity index (χ0v) is 19.4. The average Bonchev–Trinajstić information content (AvgIpc) is 3.25. The zero-order chi connectivity index (χ0) is 18.6. The molecule has 0 amide bonds. The van der Waals surface area contributed by atoms with Crippen LogP contribution < -0.4 is 10.1 Å². The molecule has 1 aromatic rings. The fourth-order valence-corrected chi connectivity index (χ4v) is 3.80. The zero-order valence-electron chi connectivity index (χ0n) is 17.1. The predicted octanol–water partition coefficient (Wildman–Crippen LogP) is 3.67. The fourth-order valence-electron chi connectivity index (χ4n) is 3.80. The van der Waals surface area contributed by atoms with Crippen molar-refractivity contribution in [3.05, 3.63) is 29.8 Å². The van der Waals surface area contributed by atoms with Gasteiger partial charge in [-0.25, -0.2) is 0 Å². The van der Waals surface area contributed by atoms with Gasteiger partial charge in [-0.3, -0.25) is 4.99 Å². The van der Waals surface area contributed by atoms with Crippen LogP contribution in [0.1, 0.15) is 39.2 Å². The minimum absolute atomic E-state index is 0. The number of nitrogens with one attached hydrogen (secondary N) is 1. The summed E-state index contributed by atoms with van der Waals surface area (Å²) in [7, 11) is 1.85. The van der Waals surface area contributed by atoms with Crippen LogP contribution in [0.25, 0.3) is 0 Å². The first-order valence-electron chi connectivity index (χ1n) is 9.69. The number of hydrogen-bond donors (Lipinski definition) is 1. The summed E-state index contributed by atoms with van der Waals surface area (Å²) in [5, 5.41) is 3.44. The van der Waals surface area contributed by atoms with E-state index in [2.05, 4.69) is 54.2 Å². The first-order chi connectivity index (χ1) is 12.4. The monoisotopic (exact) mass is 487 g/mol. The van der Waals surface area contributed by atoms with Gasteiger partial charge in [-0.1, -0.05) is 32.9 Å². The number of halogens is 1. The largest absolute Gasteiger partial charge is 0.492 e. The number of benzene rings is 1. The van der Waals surface area contributed by atoms with Gasteiger partial charge in [0.25, 0.3) is 0 Å². The maximum absolute atomic E-state index is 5.94. The van der Waals surface area contributed by atoms with Crippen LogP contribution in [0.2, 0.25) is 0 Å². The Labute approximate surface area is 180 Å². The van der Waals surface area contributed by atoms with Crippen molar-refractivity contribution >= 4 is 29.9 Å². The van der Waals surface area contributed by atoms with Crippen molar-refractivity contribution < 1.29 is 9.47 Å². The summed E-state index contributed by atoms with van der Waals surface area (Å²) in [5.41, 5.74) is 1.77. The average molecular weight is 487 g/mol. The van der Waals surface area contributed by atoms with E-state index >= 15 is 0 Å². The van der Waals surface area contributed by atoms with Crippen molar-refractivity contribution in [2.75, 3.05) is 46.5 Å². The number of aliphatic imine (C=N–C) groups is 1. The molecule has 2 saturated heterocycles. The molecule has 0 radical (unpaired) electrons. The van der Waals surface area contributed by atoms with Crippen LogP contribution in [-0.4, -0.2) is 57.4 Å². The SMILES string of the molecule is CN=C(NCCOc1cccc(C(C)(C)C)c1)N1CCC2(CCOC2)C1.I. The maximum atomic E-state index is 5.94. The molecule has 1 aromatic carbocycles. The molecule has 1 atom stereocenters. The quantitative estimate of drug-likeness (QED) is 0.305. The maximum Gasteiger partial charge on any atom is 0.193 e. The highest BCUT2D eigenvalue weighted by atomic mass is 127. The molecule has 1 N–H and O–H groups in total. The second-order valence-corrected chi connectivity index (χ2v) is 8.57. The lowest BCUT2D eigenvalue weighted by Gasteiger charge is -2.25. The number of rotatable bonds is 4. The van der Waals surface area contributed by atoms with Gasteiger partial charge in [-0.2, -0.15) is 0 Å². The smallest absolute Gasteiger partial charge is 0.193 e. The van der Waals surface area contributed by atoms with Gasteiger partial charge in [-0.15, -0.1) is 24.0 Å². The van der Waals surface area contributed by atoms with E-state index in [1.54, 1.807) is 0 Å². The lowest BCUT2D eigenvalue weighted by Crippen LogP contribution is -2.42. The first kappa shape index (κ1) is 22.3. The minimum Gasteiger partial charge on any atom is -0.492 e. The molecule has 0 bridgehead atoms. The van der Waals surface area contributed by atoms with Crippen molar-refractivity contribution in [3.8, 4) is 5.75 Å². The molecule has 2 fully saturated rings. The lowest BCUT2D eigenvalue weighted by molar-refractivity contribution is 0.156. The third-order valence-corrected chi connectivity index (χ3v) is 5.49. The van der Waals surface area contributed by atoms with E-state index in [0.717, 1.165) is 44.6 Å². The molecular weight excluding hydrogens is 453 g/mol. The van der Waals surface area contributed by atoms with Gasteiger partial charge in [0.1, 0.15) is 12.4 Å². The normalized spacial score (nSPS) is 22.8. The Morgan fingerprint density at radius 1 is 1.33 bits per heavy atom. The second-order valence-electron chi connectivity index (χ2n) is 8.57. The Bertz CT molecular complexity index is 637. The highest BCUT2D eigenvalue weighted by molar-refractivity contribution is 14.0. The molecule has 1 unspecified atom stereocenters. The summed E-state index contributed by atoms with van der Waals surface area (Å²) in [6.45, 7) is 11.9. The van der Waals surface area contributed by atoms with E-state index < -0.39 is 0 Å². The fraction of sp³-hybridized carbons (Fsp3) is 0.667. The Kier molecular flexibility index (Phi) is 7.80. The molecule has 27 heavy (non-hydrogen) atoms. The summed E-state index contributed by atoms with van der Waals surface area (Å²) in [6, 6.07) is 8.38. The van der Waals surface area contributed by atoms with Crippen molar-refractivity contribution in [1.82, 2.24) is 10.2 Å². The van der Waals surface area contributed by atoms with Crippen LogP contribution in [0.15, 0.2) is 29.3 Å². The number of nitrogens with zero attached hydrogens (tertiary/aromatic N) is 2. The topological polar surface area (TPSA) is 46.1 Å². The summed E-state index contributed by atoms with van der Waals surface area (Å²) in [5.74, 6) is 1.90. The molecule has 2 aliphatic heterocycles. The molecule has 0 saturated carbocycles. The first-order valence-corrected chi connectivity index (χ1v) is 9.69. The molecule has 2 aliphatic rings. The summed E-state index contributed by atoms with van der Waals surface area (Å²) < 4.78 is 11.6. The summed E-state index contributed by atoms with van der Waals surface area (Å²) in [4.78, 5) is 6.81. The Morgan fingerprint density at radius 3 is 2.81 bits per heavy atom. The molecular formula is C21H34IN3O2. The van der Waals surface area contributed by atoms with E-state index in [0.29, 0.717) is 12.0 Å². The second kappa shape index (κ2) is 9.45. The van der Waals surface area contributed by atoms with Crippen LogP contribution >= 0.6 is 24.0 Å². The standard InChI is InChI=1S/C21H33N3O2.HI/c1-20(2,3)17-6-5-7-18(14-17)26-13-10-23-19(22-4)24-11-8-21(15-24)9-12-25-16-21;/h5-7,14H,8-13,15-16H2,1-4H3,(H,22,23);1H. The molecule has 3 rings (SSSR count). The van der Waals surface area contributed by atoms with Gasteiger partial charge in [0.15, 0.2) is 5.96 Å². The molecule has 2 heterocycles. The molecule has 0 aliphatic carbocycles. The van der Waals surface area contributed by atoms with E-state index in [9.17, 15) is 0 Å². The summed E-state index contributed by atoms with van der Waals surface area (Å²) >= 11 is 0. The Balaban J connectivity index is 0.00000261. The van der Waals surface area contributed by atoms with Gasteiger partial charge in [0, 0.05) is 32.2 Å². The Hall–Kier alpha value is -1.02. The van der Waals surface area contributed by atoms with Crippen LogP contribution in [0.3, 0.4) is 0 Å². The van der Waals surface area contributed by atoms with Crippen LogP contribution in [-0.2, 0) is 10.2 Å².